The van der Waals surface area contributed by atoms with Crippen LogP contribution in [0.3, 0.4) is 0 Å². The fraction of sp³-hybridized carbons (Fsp3) is 0.200. The molecule has 1 nitrogen and oxygen atoms in total. The molecule has 2 aromatic carbocycles. The Labute approximate surface area is 266 Å². The Morgan fingerprint density at radius 1 is 0.943 bits per heavy atom. The molecule has 0 saturated heterocycles. The fourth-order valence-electron chi connectivity index (χ4n) is 5.07. The number of aromatic nitrogens is 1. The Morgan fingerprint density at radius 3 is 2.43 bits per heavy atom. The van der Waals surface area contributed by atoms with Gasteiger partial charge in [-0.15, -0.1) is 29.0 Å². The van der Waals surface area contributed by atoms with Gasteiger partial charge in [-0.3, -0.25) is 0 Å². The van der Waals surface area contributed by atoms with Crippen LogP contribution < -0.4 is 0 Å². The van der Waals surface area contributed by atoms with Gasteiger partial charge in [0.05, 0.1) is 0 Å². The fourth-order valence-corrected chi connectivity index (χ4v) is 6.78. The maximum atomic E-state index is 3.19. The van der Waals surface area contributed by atoms with Crippen LogP contribution in [-0.2, 0) is 70.8 Å². The predicted molar refractivity (Wildman–Crippen MR) is 146 cm³/mol. The van der Waals surface area contributed by atoms with Crippen molar-refractivity contribution in [2.24, 2.45) is 0 Å². The van der Waals surface area contributed by atoms with Gasteiger partial charge in [0.15, 0.2) is 0 Å². The molecule has 0 amide bonds. The molecule has 7 rings (SSSR count). The molecule has 0 bridgehead atoms. The molecule has 1 N–H and O–H groups in total. The summed E-state index contributed by atoms with van der Waals surface area (Å²) < 4.78 is 0. The summed E-state index contributed by atoms with van der Waals surface area (Å²) in [4.78, 5) is 4.60. The first-order valence-corrected chi connectivity index (χ1v) is 13.3. The van der Waals surface area contributed by atoms with Crippen molar-refractivity contribution in [3.63, 3.8) is 0 Å². The smallest absolute Gasteiger partial charge is 0.00844 e. The van der Waals surface area contributed by atoms with Gasteiger partial charge in [0.1, 0.15) is 0 Å². The van der Waals surface area contributed by atoms with Crippen molar-refractivity contribution >= 4 is 50.3 Å². The van der Waals surface area contributed by atoms with Crippen LogP contribution in [0.5, 0.6) is 0 Å². The molecular weight excluding hydrogens is 616 g/mol. The van der Waals surface area contributed by atoms with Crippen molar-refractivity contribution < 1.29 is 65.4 Å². The molecule has 5 heteroatoms. The van der Waals surface area contributed by atoms with Crippen LogP contribution in [-0.4, -0.2) is 4.98 Å². The molecule has 1 unspecified atom stereocenters. The van der Waals surface area contributed by atoms with Crippen LogP contribution >= 0.6 is 22.7 Å². The van der Waals surface area contributed by atoms with E-state index < -0.39 is 0 Å². The molecule has 5 aromatic rings. The third kappa shape index (κ3) is 4.83. The second kappa shape index (κ2) is 10.6. The second-order valence-corrected chi connectivity index (χ2v) is 11.5. The Hall–Kier alpha value is -0.672. The van der Waals surface area contributed by atoms with Crippen LogP contribution in [0.15, 0.2) is 64.9 Å². The quantitative estimate of drug-likeness (QED) is 0.162. The average Bonchev–Trinajstić information content (AvgIpc) is 3.55. The Morgan fingerprint density at radius 2 is 1.66 bits per heavy atom. The minimum absolute atomic E-state index is 0. The number of nitrogens with one attached hydrogen (secondary N) is 1. The molecule has 0 saturated carbocycles. The van der Waals surface area contributed by atoms with Gasteiger partial charge >= 0.3 is 0 Å². The van der Waals surface area contributed by atoms with E-state index in [1.165, 1.54) is 60.2 Å². The van der Waals surface area contributed by atoms with Gasteiger partial charge in [-0.05, 0) is 37.7 Å². The molecule has 172 valence electrons. The number of fused-ring (bicyclic) bond motifs is 6. The van der Waals surface area contributed by atoms with Crippen LogP contribution in [0.25, 0.3) is 38.7 Å². The predicted octanol–water partition coefficient (Wildman–Crippen LogP) is 9.36. The van der Waals surface area contributed by atoms with Crippen LogP contribution in [0.4, 0.5) is 0 Å². The molecule has 1 atom stereocenters. The Balaban J connectivity index is 0.000000156. The molecule has 3 aromatic heterocycles. The van der Waals surface area contributed by atoms with Gasteiger partial charge in [0.25, 0.3) is 0 Å². The summed E-state index contributed by atoms with van der Waals surface area (Å²) in [5.74, 6) is 1.95. The van der Waals surface area contributed by atoms with Gasteiger partial charge in [-0.2, -0.15) is 22.7 Å². The van der Waals surface area contributed by atoms with E-state index in [2.05, 4.69) is 110 Å². The van der Waals surface area contributed by atoms with Gasteiger partial charge < -0.3 is 4.98 Å². The number of thiophene rings is 2. The molecule has 35 heavy (non-hydrogen) atoms. The molecule has 2 aliphatic carbocycles. The molecule has 0 fully saturated rings. The van der Waals surface area contributed by atoms with E-state index in [9.17, 15) is 0 Å². The molecule has 3 heterocycles. The monoisotopic (exact) mass is 643 g/mol. The van der Waals surface area contributed by atoms with E-state index in [0.717, 1.165) is 0 Å². The largest absolute Gasteiger partial charge is 0.366 e. The van der Waals surface area contributed by atoms with E-state index in [1.54, 1.807) is 11.3 Å². The van der Waals surface area contributed by atoms with Gasteiger partial charge in [-0.25, -0.2) is 24.5 Å². The van der Waals surface area contributed by atoms with Gasteiger partial charge in [0.2, 0.25) is 0 Å². The first kappa shape index (κ1) is 27.4. The van der Waals surface area contributed by atoms with E-state index in [4.69, 9.17) is 0 Å². The molecule has 2 radical (unpaired) electrons. The van der Waals surface area contributed by atoms with Crippen molar-refractivity contribution in [2.45, 2.75) is 39.0 Å². The van der Waals surface area contributed by atoms with E-state index in [0.29, 0.717) is 5.92 Å². The Kier molecular flexibility index (Phi) is 8.29. The van der Waals surface area contributed by atoms with E-state index in [-0.39, 0.29) is 70.8 Å². The maximum Gasteiger partial charge on any atom is 0.00844 e. The summed E-state index contributed by atoms with van der Waals surface area (Å²) in [7, 11) is 0. The van der Waals surface area contributed by atoms with Crippen LogP contribution in [0.1, 0.15) is 55.2 Å². The standard InChI is InChI=1S/C15H12NS.C15H15S.2Y/c1-9-4-15-12(2-3-17-15)14-6-11-8-16-7-10(11)5-13(9)14;1-10-4-5-11-6-12-8-16-9-13(12)7-14(11)15(10,2)3;;/h2-9,16H,1H3;4-9H,1-3H3;;/q2*-1;;. The minimum atomic E-state index is 0. The molecule has 0 aliphatic heterocycles. The number of rotatable bonds is 0. The third-order valence-electron chi connectivity index (χ3n) is 7.43. The van der Waals surface area contributed by atoms with Gasteiger partial charge in [0, 0.05) is 77.8 Å². The summed E-state index contributed by atoms with van der Waals surface area (Å²) in [6, 6.07) is 11.5. The zero-order chi connectivity index (χ0) is 22.7. The SMILES string of the molecule is CC1[CH-]c2sccc2-c2cc3c[nH]cc3cc21.C[C-]1C=Cc2cc3cscc3cc2C1(C)C.[Y].[Y]. The molecular formula is C30H27NS2Y2-2. The number of hydrogen-bond acceptors (Lipinski definition) is 2. The van der Waals surface area contributed by atoms with E-state index in [1.807, 2.05) is 11.3 Å². The number of benzene rings is 2. The third-order valence-corrected chi connectivity index (χ3v) is 9.09. The number of hydrogen-bond donors (Lipinski definition) is 1. The number of H-pyrrole nitrogens is 1. The summed E-state index contributed by atoms with van der Waals surface area (Å²) in [5.41, 5.74) is 7.25. The topological polar surface area (TPSA) is 15.8 Å². The molecule has 0 spiro atoms. The summed E-state index contributed by atoms with van der Waals surface area (Å²) in [6.45, 7) is 9.11. The summed E-state index contributed by atoms with van der Waals surface area (Å²) in [6.07, 6.45) is 11.0. The zero-order valence-corrected chi connectivity index (χ0v) is 27.9. The second-order valence-electron chi connectivity index (χ2n) is 9.76. The van der Waals surface area contributed by atoms with E-state index >= 15 is 0 Å². The Bertz CT molecular complexity index is 1520. The maximum absolute atomic E-state index is 3.19. The number of aromatic amines is 1. The van der Waals surface area contributed by atoms with Crippen molar-refractivity contribution in [3.8, 4) is 11.1 Å². The number of allylic oxidation sites excluding steroid dienone is 1. The first-order valence-electron chi connectivity index (χ1n) is 11.5. The van der Waals surface area contributed by atoms with Crippen LogP contribution in [0.2, 0.25) is 0 Å². The zero-order valence-electron chi connectivity index (χ0n) is 20.6. The van der Waals surface area contributed by atoms with Crippen LogP contribution in [0, 0.1) is 12.3 Å². The first-order chi connectivity index (χ1) is 15.9. The molecule has 2 aliphatic rings. The summed E-state index contributed by atoms with van der Waals surface area (Å²) >= 11 is 3.62. The summed E-state index contributed by atoms with van der Waals surface area (Å²) in [5, 5.41) is 12.0. The van der Waals surface area contributed by atoms with Gasteiger partial charge in [-0.1, -0.05) is 73.1 Å². The minimum Gasteiger partial charge on any atom is -0.366 e. The normalized spacial score (nSPS) is 16.7. The van der Waals surface area contributed by atoms with Crippen molar-refractivity contribution in [2.75, 3.05) is 0 Å². The average molecular weight is 643 g/mol. The van der Waals surface area contributed by atoms with Crippen molar-refractivity contribution in [1.29, 1.82) is 0 Å². The van der Waals surface area contributed by atoms with Crippen molar-refractivity contribution in [3.05, 3.63) is 98.8 Å². The van der Waals surface area contributed by atoms with Crippen molar-refractivity contribution in [1.82, 2.24) is 4.98 Å².